The first kappa shape index (κ1) is 13.6. The van der Waals surface area contributed by atoms with Gasteiger partial charge in [-0.3, -0.25) is 9.59 Å². The molecule has 1 aliphatic heterocycles. The second-order valence-corrected chi connectivity index (χ2v) is 4.68. The maximum atomic E-state index is 12.0. The van der Waals surface area contributed by atoms with Gasteiger partial charge in [-0.05, 0) is 31.0 Å². The van der Waals surface area contributed by atoms with Crippen molar-refractivity contribution >= 4 is 17.6 Å². The Morgan fingerprint density at radius 1 is 1.32 bits per heavy atom. The van der Waals surface area contributed by atoms with E-state index in [0.717, 1.165) is 12.1 Å². The molecule has 1 fully saturated rings. The Labute approximate surface area is 113 Å². The molecule has 0 spiro atoms. The van der Waals surface area contributed by atoms with Crippen molar-refractivity contribution in [2.75, 3.05) is 18.1 Å². The van der Waals surface area contributed by atoms with Gasteiger partial charge in [-0.25, -0.2) is 0 Å². The molecule has 0 bridgehead atoms. The Morgan fingerprint density at radius 3 is 2.58 bits per heavy atom. The summed E-state index contributed by atoms with van der Waals surface area (Å²) in [6.45, 7) is 4.64. The minimum Gasteiger partial charge on any atom is -0.466 e. The molecule has 1 aromatic rings. The number of carbonyl (C=O) groups is 2. The van der Waals surface area contributed by atoms with Crippen LogP contribution >= 0.6 is 0 Å². The molecule has 1 saturated heterocycles. The van der Waals surface area contributed by atoms with E-state index in [1.54, 1.807) is 11.8 Å². The lowest BCUT2D eigenvalue weighted by atomic mass is 10.1. The molecule has 0 aliphatic carbocycles. The Hall–Kier alpha value is -1.84. The zero-order valence-electron chi connectivity index (χ0n) is 11.4. The molecule has 0 saturated carbocycles. The summed E-state index contributed by atoms with van der Waals surface area (Å²) in [5, 5.41) is 0. The van der Waals surface area contributed by atoms with E-state index >= 15 is 0 Å². The predicted octanol–water partition coefficient (Wildman–Crippen LogP) is 2.17. The number of aryl methyl sites for hydroxylation is 1. The third-order valence-electron chi connectivity index (χ3n) is 3.40. The van der Waals surface area contributed by atoms with Crippen LogP contribution in [0.3, 0.4) is 0 Å². The fourth-order valence-electron chi connectivity index (χ4n) is 2.29. The molecule has 0 N–H and O–H groups in total. The third kappa shape index (κ3) is 2.95. The van der Waals surface area contributed by atoms with Gasteiger partial charge >= 0.3 is 5.97 Å². The number of benzene rings is 1. The highest BCUT2D eigenvalue weighted by Crippen LogP contribution is 2.26. The van der Waals surface area contributed by atoms with Gasteiger partial charge in [-0.1, -0.05) is 19.1 Å². The van der Waals surface area contributed by atoms with Gasteiger partial charge in [0.05, 0.1) is 12.5 Å². The van der Waals surface area contributed by atoms with Gasteiger partial charge in [0.1, 0.15) is 0 Å². The molecule has 0 aromatic heterocycles. The zero-order chi connectivity index (χ0) is 13.8. The van der Waals surface area contributed by atoms with Gasteiger partial charge in [-0.2, -0.15) is 0 Å². The summed E-state index contributed by atoms with van der Waals surface area (Å²) in [5.74, 6) is -0.621. The van der Waals surface area contributed by atoms with Gasteiger partial charge in [0.25, 0.3) is 0 Å². The molecular weight excluding hydrogens is 242 g/mol. The maximum Gasteiger partial charge on any atom is 0.311 e. The standard InChI is InChI=1S/C15H19NO3/c1-3-11-5-7-13(8-6-11)16-10-12(9-14(16)17)15(18)19-4-2/h5-8,12H,3-4,9-10H2,1-2H3/t12-/m1/s1. The lowest BCUT2D eigenvalue weighted by Crippen LogP contribution is -2.26. The maximum absolute atomic E-state index is 12.0. The van der Waals surface area contributed by atoms with E-state index in [-0.39, 0.29) is 24.2 Å². The zero-order valence-corrected chi connectivity index (χ0v) is 11.4. The van der Waals surface area contributed by atoms with Crippen LogP contribution in [-0.4, -0.2) is 25.0 Å². The van der Waals surface area contributed by atoms with Crippen LogP contribution in [0.1, 0.15) is 25.8 Å². The highest BCUT2D eigenvalue weighted by molar-refractivity contribution is 5.99. The molecule has 4 nitrogen and oxygen atoms in total. The van der Waals surface area contributed by atoms with Crippen LogP contribution in [0, 0.1) is 5.92 Å². The number of ether oxygens (including phenoxy) is 1. The largest absolute Gasteiger partial charge is 0.466 e. The Balaban J connectivity index is 2.08. The lowest BCUT2D eigenvalue weighted by molar-refractivity contribution is -0.147. The van der Waals surface area contributed by atoms with Crippen molar-refractivity contribution in [2.24, 2.45) is 5.92 Å². The van der Waals surface area contributed by atoms with Gasteiger partial charge in [0, 0.05) is 18.7 Å². The van der Waals surface area contributed by atoms with Crippen molar-refractivity contribution in [3.8, 4) is 0 Å². The van der Waals surface area contributed by atoms with Gasteiger partial charge in [0.15, 0.2) is 0 Å². The molecule has 1 heterocycles. The van der Waals surface area contributed by atoms with Crippen molar-refractivity contribution in [3.63, 3.8) is 0 Å². The van der Waals surface area contributed by atoms with Crippen LogP contribution in [-0.2, 0) is 20.7 Å². The first-order valence-corrected chi connectivity index (χ1v) is 6.71. The SMILES string of the molecule is CCOC(=O)[C@@H]1CC(=O)N(c2ccc(CC)cc2)C1. The van der Waals surface area contributed by atoms with Crippen LogP contribution in [0.25, 0.3) is 0 Å². The molecule has 19 heavy (non-hydrogen) atoms. The van der Waals surface area contributed by atoms with Crippen LogP contribution in [0.4, 0.5) is 5.69 Å². The highest BCUT2D eigenvalue weighted by Gasteiger charge is 2.35. The Morgan fingerprint density at radius 2 is 2.00 bits per heavy atom. The number of esters is 1. The molecular formula is C15H19NO3. The van der Waals surface area contributed by atoms with Gasteiger partial charge in [0.2, 0.25) is 5.91 Å². The predicted molar refractivity (Wildman–Crippen MR) is 72.9 cm³/mol. The summed E-state index contributed by atoms with van der Waals surface area (Å²) in [5.41, 5.74) is 2.09. The van der Waals surface area contributed by atoms with Crippen molar-refractivity contribution in [1.82, 2.24) is 0 Å². The molecule has 1 aromatic carbocycles. The van der Waals surface area contributed by atoms with Crippen LogP contribution < -0.4 is 4.90 Å². The molecule has 1 atom stereocenters. The van der Waals surface area contributed by atoms with E-state index < -0.39 is 0 Å². The van der Waals surface area contributed by atoms with Gasteiger partial charge < -0.3 is 9.64 Å². The fourth-order valence-corrected chi connectivity index (χ4v) is 2.29. The topological polar surface area (TPSA) is 46.6 Å². The molecule has 4 heteroatoms. The van der Waals surface area contributed by atoms with Crippen molar-refractivity contribution in [2.45, 2.75) is 26.7 Å². The lowest BCUT2D eigenvalue weighted by Gasteiger charge is -2.16. The number of anilines is 1. The Bertz CT molecular complexity index is 467. The average molecular weight is 261 g/mol. The van der Waals surface area contributed by atoms with E-state index in [2.05, 4.69) is 6.92 Å². The average Bonchev–Trinajstić information content (AvgIpc) is 2.81. The molecule has 102 valence electrons. The molecule has 1 amide bonds. The highest BCUT2D eigenvalue weighted by atomic mass is 16.5. The number of rotatable bonds is 4. The first-order valence-electron chi connectivity index (χ1n) is 6.71. The van der Waals surface area contributed by atoms with Crippen molar-refractivity contribution < 1.29 is 14.3 Å². The minimum atomic E-state index is -0.335. The summed E-state index contributed by atoms with van der Waals surface area (Å²) in [4.78, 5) is 25.3. The summed E-state index contributed by atoms with van der Waals surface area (Å²) in [6.07, 6.45) is 1.22. The normalized spacial score (nSPS) is 18.7. The number of carbonyl (C=O) groups excluding carboxylic acids is 2. The fraction of sp³-hybridized carbons (Fsp3) is 0.467. The van der Waals surface area contributed by atoms with Crippen molar-refractivity contribution in [1.29, 1.82) is 0 Å². The monoisotopic (exact) mass is 261 g/mol. The Kier molecular flexibility index (Phi) is 4.20. The van der Waals surface area contributed by atoms with E-state index in [0.29, 0.717) is 13.2 Å². The molecule has 2 rings (SSSR count). The quantitative estimate of drug-likeness (QED) is 0.780. The van der Waals surface area contributed by atoms with Crippen LogP contribution in [0.5, 0.6) is 0 Å². The third-order valence-corrected chi connectivity index (χ3v) is 3.40. The summed E-state index contributed by atoms with van der Waals surface area (Å²) in [6, 6.07) is 7.90. The van der Waals surface area contributed by atoms with Crippen LogP contribution in [0.15, 0.2) is 24.3 Å². The second kappa shape index (κ2) is 5.87. The number of amides is 1. The molecule has 1 aliphatic rings. The van der Waals surface area contributed by atoms with E-state index in [4.69, 9.17) is 4.74 Å². The van der Waals surface area contributed by atoms with Crippen molar-refractivity contribution in [3.05, 3.63) is 29.8 Å². The number of nitrogens with zero attached hydrogens (tertiary/aromatic N) is 1. The molecule has 0 unspecified atom stereocenters. The smallest absolute Gasteiger partial charge is 0.311 e. The van der Waals surface area contributed by atoms with E-state index in [9.17, 15) is 9.59 Å². The minimum absolute atomic E-state index is 0.0118. The van der Waals surface area contributed by atoms with Gasteiger partial charge in [-0.15, -0.1) is 0 Å². The summed E-state index contributed by atoms with van der Waals surface area (Å²) in [7, 11) is 0. The second-order valence-electron chi connectivity index (χ2n) is 4.68. The summed E-state index contributed by atoms with van der Waals surface area (Å²) >= 11 is 0. The van der Waals surface area contributed by atoms with E-state index in [1.807, 2.05) is 24.3 Å². The molecule has 0 radical (unpaired) electrons. The van der Waals surface area contributed by atoms with Crippen LogP contribution in [0.2, 0.25) is 0 Å². The van der Waals surface area contributed by atoms with E-state index in [1.165, 1.54) is 5.56 Å². The number of hydrogen-bond acceptors (Lipinski definition) is 3. The number of hydrogen-bond donors (Lipinski definition) is 0. The summed E-state index contributed by atoms with van der Waals surface area (Å²) < 4.78 is 4.98. The first-order chi connectivity index (χ1) is 9.15.